The molecule has 0 saturated carbocycles. The van der Waals surface area contributed by atoms with E-state index in [0.717, 1.165) is 5.56 Å². The minimum atomic E-state index is -0.432. The Balaban J connectivity index is 1.63. The summed E-state index contributed by atoms with van der Waals surface area (Å²) in [5, 5.41) is 6.79. The number of fused-ring (bicyclic) bond motifs is 1. The van der Waals surface area contributed by atoms with Crippen LogP contribution in [0, 0.1) is 5.92 Å². The van der Waals surface area contributed by atoms with Crippen molar-refractivity contribution in [2.45, 2.75) is 19.0 Å². The Kier molecular flexibility index (Phi) is 10.1. The number of hydrogen-bond donors (Lipinski definition) is 2. The molecule has 1 aliphatic rings. The molecule has 1 fully saturated rings. The number of benzene rings is 2. The number of hydrogen-bond acceptors (Lipinski definition) is 9. The number of rotatable bonds is 12. The Morgan fingerprint density at radius 3 is 2.39 bits per heavy atom. The Labute approximate surface area is 274 Å². The van der Waals surface area contributed by atoms with E-state index in [4.69, 9.17) is 42.4 Å². The largest absolute Gasteiger partial charge is 0.495 e. The van der Waals surface area contributed by atoms with Crippen molar-refractivity contribution in [1.29, 1.82) is 0 Å². The zero-order chi connectivity index (χ0) is 33.0. The molecule has 0 aliphatic carbocycles. The molecular formula is C33H31Cl2N5O6. The van der Waals surface area contributed by atoms with Crippen molar-refractivity contribution in [2.75, 3.05) is 38.1 Å². The van der Waals surface area contributed by atoms with Crippen LogP contribution in [-0.4, -0.2) is 59.7 Å². The summed E-state index contributed by atoms with van der Waals surface area (Å²) in [6.45, 7) is 7.91. The molecule has 2 aromatic carbocycles. The monoisotopic (exact) mass is 663 g/mol. The Morgan fingerprint density at radius 1 is 1.07 bits per heavy atom. The number of ketones is 1. The molecule has 2 N–H and O–H groups in total. The van der Waals surface area contributed by atoms with E-state index in [2.05, 4.69) is 28.8 Å². The molecule has 0 radical (unpaired) electrons. The highest BCUT2D eigenvalue weighted by Gasteiger charge is 2.30. The first-order valence-corrected chi connectivity index (χ1v) is 15.0. The van der Waals surface area contributed by atoms with E-state index in [9.17, 15) is 14.4 Å². The topological polar surface area (TPSA) is 134 Å². The first-order valence-electron chi connectivity index (χ1n) is 14.2. The number of amides is 1. The Morgan fingerprint density at radius 2 is 1.76 bits per heavy atom. The molecule has 1 aliphatic heterocycles. The third kappa shape index (κ3) is 6.76. The number of nitrogens with one attached hydrogen (secondary N) is 2. The molecule has 5 rings (SSSR count). The van der Waals surface area contributed by atoms with E-state index in [1.165, 1.54) is 30.9 Å². The van der Waals surface area contributed by atoms with E-state index in [1.54, 1.807) is 42.6 Å². The number of halogens is 2. The lowest BCUT2D eigenvalue weighted by molar-refractivity contribution is -0.115. The van der Waals surface area contributed by atoms with Crippen molar-refractivity contribution < 1.29 is 23.8 Å². The summed E-state index contributed by atoms with van der Waals surface area (Å²) in [5.41, 5.74) is 1.65. The molecule has 238 valence electrons. The van der Waals surface area contributed by atoms with Crippen molar-refractivity contribution >= 4 is 57.6 Å². The van der Waals surface area contributed by atoms with Crippen LogP contribution in [0.15, 0.2) is 72.7 Å². The first kappa shape index (κ1) is 32.7. The summed E-state index contributed by atoms with van der Waals surface area (Å²) in [6.07, 6.45) is 4.35. The quantitative estimate of drug-likeness (QED) is 0.188. The van der Waals surface area contributed by atoms with Gasteiger partial charge in [0.2, 0.25) is 11.9 Å². The van der Waals surface area contributed by atoms with Gasteiger partial charge in [0.1, 0.15) is 17.1 Å². The van der Waals surface area contributed by atoms with Gasteiger partial charge < -0.3 is 24.8 Å². The molecule has 46 heavy (non-hydrogen) atoms. The highest BCUT2D eigenvalue weighted by atomic mass is 35.5. The Bertz CT molecular complexity index is 1860. The van der Waals surface area contributed by atoms with Gasteiger partial charge in [-0.3, -0.25) is 19.0 Å². The zero-order valence-corrected chi connectivity index (χ0v) is 26.7. The van der Waals surface area contributed by atoms with E-state index >= 15 is 0 Å². The molecule has 3 heterocycles. The van der Waals surface area contributed by atoms with Gasteiger partial charge in [-0.15, -0.1) is 0 Å². The predicted octanol–water partition coefficient (Wildman–Crippen LogP) is 5.53. The number of carbonyl (C=O) groups is 2. The predicted molar refractivity (Wildman–Crippen MR) is 178 cm³/mol. The SMILES string of the molecule is C=CC(=O)C[C@H]1COC[C@H]1Nc1ncc2cc(-c3c(Cl)c(OC)cc(OC)c3Cl)c(=O)n(Cc3ccc(NC(=O)C=C)cc3)c2n1. The molecule has 2 aromatic heterocycles. The van der Waals surface area contributed by atoms with Crippen LogP contribution in [0.2, 0.25) is 10.0 Å². The van der Waals surface area contributed by atoms with Crippen LogP contribution < -0.4 is 25.7 Å². The molecule has 4 aromatic rings. The van der Waals surface area contributed by atoms with Gasteiger partial charge in [0, 0.05) is 41.2 Å². The maximum Gasteiger partial charge on any atom is 0.260 e. The fourth-order valence-corrected chi connectivity index (χ4v) is 5.92. The fourth-order valence-electron chi connectivity index (χ4n) is 5.21. The van der Waals surface area contributed by atoms with Crippen LogP contribution in [0.5, 0.6) is 11.5 Å². The highest BCUT2D eigenvalue weighted by Crippen LogP contribution is 2.45. The third-order valence-corrected chi connectivity index (χ3v) is 8.37. The molecule has 11 nitrogen and oxygen atoms in total. The molecule has 1 amide bonds. The number of ether oxygens (including phenoxy) is 3. The number of allylic oxidation sites excluding steroid dienone is 1. The third-order valence-electron chi connectivity index (χ3n) is 7.62. The van der Waals surface area contributed by atoms with Crippen LogP contribution in [0.25, 0.3) is 22.2 Å². The molecule has 0 unspecified atom stereocenters. The number of nitrogens with zero attached hydrogens (tertiary/aromatic N) is 3. The summed E-state index contributed by atoms with van der Waals surface area (Å²) in [6, 6.07) is 9.97. The average molecular weight is 665 g/mol. The zero-order valence-electron chi connectivity index (χ0n) is 25.1. The van der Waals surface area contributed by atoms with Crippen LogP contribution >= 0.6 is 23.2 Å². The van der Waals surface area contributed by atoms with Crippen molar-refractivity contribution in [3.8, 4) is 22.6 Å². The molecule has 0 bridgehead atoms. The van der Waals surface area contributed by atoms with E-state index in [-0.39, 0.29) is 75.2 Å². The van der Waals surface area contributed by atoms with Gasteiger partial charge in [0.15, 0.2) is 5.78 Å². The van der Waals surface area contributed by atoms with Crippen LogP contribution in [0.3, 0.4) is 0 Å². The summed E-state index contributed by atoms with van der Waals surface area (Å²) < 4.78 is 18.0. The minimum absolute atomic E-state index is 0.0790. The lowest BCUT2D eigenvalue weighted by Gasteiger charge is -2.19. The number of anilines is 2. The van der Waals surface area contributed by atoms with Crippen LogP contribution in [-0.2, 0) is 20.9 Å². The Hall–Kier alpha value is -4.71. The van der Waals surface area contributed by atoms with Gasteiger partial charge >= 0.3 is 0 Å². The molecule has 2 atom stereocenters. The average Bonchev–Trinajstić information content (AvgIpc) is 3.49. The molecule has 1 saturated heterocycles. The standard InChI is InChI=1S/C33H31Cl2N5O6/c1-5-22(41)11-20-16-46-17-24(20)38-33-36-14-19-12-23(28-29(34)25(44-3)13-26(45-4)30(28)35)32(43)40(31(19)39-33)15-18-7-9-21(10-8-18)37-27(42)6-2/h5-10,12-14,20,24H,1-2,11,15-17H2,3-4H3,(H,37,42)(H,36,38,39)/t20-,24+/m0/s1. The lowest BCUT2D eigenvalue weighted by atomic mass is 9.97. The minimum Gasteiger partial charge on any atom is -0.495 e. The molecule has 13 heteroatoms. The van der Waals surface area contributed by atoms with Crippen LogP contribution in [0.1, 0.15) is 12.0 Å². The number of methoxy groups -OCH3 is 2. The lowest BCUT2D eigenvalue weighted by Crippen LogP contribution is -2.30. The summed E-state index contributed by atoms with van der Waals surface area (Å²) in [5.74, 6) is 0.305. The second kappa shape index (κ2) is 14.2. The highest BCUT2D eigenvalue weighted by molar-refractivity contribution is 6.41. The van der Waals surface area contributed by atoms with E-state index in [0.29, 0.717) is 29.9 Å². The smallest absolute Gasteiger partial charge is 0.260 e. The van der Waals surface area contributed by atoms with Gasteiger partial charge in [-0.1, -0.05) is 48.5 Å². The maximum absolute atomic E-state index is 14.4. The summed E-state index contributed by atoms with van der Waals surface area (Å²) in [4.78, 5) is 47.4. The number of pyridine rings is 1. The van der Waals surface area contributed by atoms with Crippen molar-refractivity contribution in [1.82, 2.24) is 14.5 Å². The van der Waals surface area contributed by atoms with Gasteiger partial charge in [0.25, 0.3) is 5.56 Å². The second-order valence-corrected chi connectivity index (χ2v) is 11.3. The number of carbonyl (C=O) groups excluding carboxylic acids is 2. The maximum atomic E-state index is 14.4. The van der Waals surface area contributed by atoms with Crippen LogP contribution in [0.4, 0.5) is 11.6 Å². The van der Waals surface area contributed by atoms with Crippen molar-refractivity contribution in [3.63, 3.8) is 0 Å². The second-order valence-electron chi connectivity index (χ2n) is 10.5. The van der Waals surface area contributed by atoms with Gasteiger partial charge in [-0.05, 0) is 35.9 Å². The molecular weight excluding hydrogens is 633 g/mol. The van der Waals surface area contributed by atoms with Gasteiger partial charge in [0.05, 0.1) is 55.6 Å². The molecule has 0 spiro atoms. The number of aromatic nitrogens is 3. The normalized spacial score (nSPS) is 15.7. The summed E-state index contributed by atoms with van der Waals surface area (Å²) >= 11 is 13.5. The fraction of sp³-hybridized carbons (Fsp3) is 0.242. The van der Waals surface area contributed by atoms with E-state index < -0.39 is 5.56 Å². The van der Waals surface area contributed by atoms with Gasteiger partial charge in [-0.25, -0.2) is 4.98 Å². The van der Waals surface area contributed by atoms with E-state index in [1.807, 2.05) is 0 Å². The first-order chi connectivity index (χ1) is 22.2. The van der Waals surface area contributed by atoms with Crippen molar-refractivity contribution in [2.24, 2.45) is 5.92 Å². The summed E-state index contributed by atoms with van der Waals surface area (Å²) in [7, 11) is 2.90. The van der Waals surface area contributed by atoms with Crippen molar-refractivity contribution in [3.05, 3.63) is 93.9 Å². The van der Waals surface area contributed by atoms with Gasteiger partial charge in [-0.2, -0.15) is 4.98 Å².